The highest BCUT2D eigenvalue weighted by Crippen LogP contribution is 2.29. The quantitative estimate of drug-likeness (QED) is 0.404. The van der Waals surface area contributed by atoms with Gasteiger partial charge >= 0.3 is 5.97 Å². The zero-order chi connectivity index (χ0) is 25.0. The number of carbonyl (C=O) groups is 2. The monoisotopic (exact) mass is 526 g/mol. The molecule has 0 spiro atoms. The molecule has 180 valence electrons. The van der Waals surface area contributed by atoms with Crippen LogP contribution in [0.3, 0.4) is 0 Å². The molecule has 1 saturated heterocycles. The topological polar surface area (TPSA) is 90.6 Å². The standard InChI is InChI=1S/C27H31BrN2O4/c1-17-22(6-5-7-23(17)28)24(31)14-20-12-18(13-21(15-29)25(20)32)16-30-10-8-19(9-11-30)26(33)34-27(2,3)4/h5-7,12-13,19,32H,8-11,14,16H2,1-4H3. The average Bonchev–Trinajstić information content (AvgIpc) is 2.77. The van der Waals surface area contributed by atoms with E-state index in [0.29, 0.717) is 30.5 Å². The molecular formula is C27H31BrN2O4. The van der Waals surface area contributed by atoms with Crippen LogP contribution in [0.4, 0.5) is 0 Å². The van der Waals surface area contributed by atoms with Gasteiger partial charge in [-0.1, -0.05) is 34.1 Å². The number of phenolic OH excluding ortho intramolecular Hbond substituents is 1. The normalized spacial score (nSPS) is 15.1. The summed E-state index contributed by atoms with van der Waals surface area (Å²) in [5.74, 6) is -0.511. The van der Waals surface area contributed by atoms with Crippen LogP contribution in [-0.2, 0) is 22.5 Å². The molecule has 0 saturated carbocycles. The molecule has 0 aliphatic carbocycles. The molecule has 0 radical (unpaired) electrons. The molecule has 2 aromatic rings. The maximum atomic E-state index is 13.0. The van der Waals surface area contributed by atoms with E-state index in [1.54, 1.807) is 18.2 Å². The van der Waals surface area contributed by atoms with Gasteiger partial charge in [-0.05, 0) is 76.9 Å². The van der Waals surface area contributed by atoms with Crippen molar-refractivity contribution >= 4 is 27.7 Å². The van der Waals surface area contributed by atoms with E-state index in [1.807, 2.05) is 45.9 Å². The molecule has 34 heavy (non-hydrogen) atoms. The highest BCUT2D eigenvalue weighted by atomic mass is 79.9. The van der Waals surface area contributed by atoms with Crippen LogP contribution in [0.15, 0.2) is 34.8 Å². The van der Waals surface area contributed by atoms with Gasteiger partial charge < -0.3 is 9.84 Å². The summed E-state index contributed by atoms with van der Waals surface area (Å²) in [7, 11) is 0. The number of rotatable bonds is 6. The molecule has 3 rings (SSSR count). The van der Waals surface area contributed by atoms with E-state index in [4.69, 9.17) is 4.74 Å². The summed E-state index contributed by atoms with van der Waals surface area (Å²) >= 11 is 3.45. The Kier molecular flexibility index (Phi) is 8.17. The van der Waals surface area contributed by atoms with E-state index >= 15 is 0 Å². The third kappa shape index (κ3) is 6.46. The number of aromatic hydroxyl groups is 1. The third-order valence-electron chi connectivity index (χ3n) is 6.02. The van der Waals surface area contributed by atoms with Crippen LogP contribution in [0.1, 0.15) is 66.2 Å². The van der Waals surface area contributed by atoms with E-state index in [0.717, 1.165) is 28.7 Å². The van der Waals surface area contributed by atoms with Gasteiger partial charge in [0.2, 0.25) is 0 Å². The van der Waals surface area contributed by atoms with Crippen molar-refractivity contribution < 1.29 is 19.4 Å². The number of esters is 1. The smallest absolute Gasteiger partial charge is 0.309 e. The lowest BCUT2D eigenvalue weighted by atomic mass is 9.94. The van der Waals surface area contributed by atoms with Crippen molar-refractivity contribution in [3.63, 3.8) is 0 Å². The molecule has 0 atom stereocenters. The summed E-state index contributed by atoms with van der Waals surface area (Å²) in [6, 6.07) is 11.0. The fourth-order valence-electron chi connectivity index (χ4n) is 4.22. The molecule has 6 nitrogen and oxygen atoms in total. The number of ketones is 1. The number of hydrogen-bond acceptors (Lipinski definition) is 6. The van der Waals surface area contributed by atoms with Gasteiger partial charge in [0, 0.05) is 28.6 Å². The van der Waals surface area contributed by atoms with Crippen molar-refractivity contribution in [1.29, 1.82) is 5.26 Å². The Hall–Kier alpha value is -2.69. The summed E-state index contributed by atoms with van der Waals surface area (Å²) in [6.45, 7) is 9.53. The first kappa shape index (κ1) is 25.9. The zero-order valence-electron chi connectivity index (χ0n) is 20.2. The van der Waals surface area contributed by atoms with Crippen molar-refractivity contribution in [1.82, 2.24) is 4.90 Å². The SMILES string of the molecule is Cc1c(Br)cccc1C(=O)Cc1cc(CN2CCC(C(=O)OC(C)(C)C)CC2)cc(C#N)c1O. The van der Waals surface area contributed by atoms with Crippen molar-refractivity contribution in [2.75, 3.05) is 13.1 Å². The van der Waals surface area contributed by atoms with Crippen LogP contribution >= 0.6 is 15.9 Å². The average molecular weight is 527 g/mol. The molecular weight excluding hydrogens is 496 g/mol. The minimum Gasteiger partial charge on any atom is -0.506 e. The first-order valence-corrected chi connectivity index (χ1v) is 12.3. The number of ether oxygens (including phenoxy) is 1. The van der Waals surface area contributed by atoms with E-state index in [1.165, 1.54) is 0 Å². The van der Waals surface area contributed by atoms with Gasteiger partial charge in [-0.2, -0.15) is 5.26 Å². The van der Waals surface area contributed by atoms with Gasteiger partial charge in [0.05, 0.1) is 11.5 Å². The Bertz CT molecular complexity index is 1120. The summed E-state index contributed by atoms with van der Waals surface area (Å²) in [5.41, 5.74) is 2.41. The van der Waals surface area contributed by atoms with Crippen LogP contribution in [0, 0.1) is 24.2 Å². The van der Waals surface area contributed by atoms with Crippen LogP contribution in [0.25, 0.3) is 0 Å². The number of carbonyl (C=O) groups excluding carboxylic acids is 2. The lowest BCUT2D eigenvalue weighted by Gasteiger charge is -2.32. The summed E-state index contributed by atoms with van der Waals surface area (Å²) in [4.78, 5) is 27.6. The van der Waals surface area contributed by atoms with Crippen LogP contribution in [-0.4, -0.2) is 40.4 Å². The minimum atomic E-state index is -0.490. The van der Waals surface area contributed by atoms with Gasteiger partial charge in [-0.3, -0.25) is 14.5 Å². The number of nitrogens with zero attached hydrogens (tertiary/aromatic N) is 2. The highest BCUT2D eigenvalue weighted by molar-refractivity contribution is 9.10. The number of phenols is 1. The van der Waals surface area contributed by atoms with Crippen molar-refractivity contribution in [3.05, 3.63) is 62.6 Å². The lowest BCUT2D eigenvalue weighted by Crippen LogP contribution is -2.38. The highest BCUT2D eigenvalue weighted by Gasteiger charge is 2.29. The number of hydrogen-bond donors (Lipinski definition) is 1. The lowest BCUT2D eigenvalue weighted by molar-refractivity contribution is -0.161. The van der Waals surface area contributed by atoms with Gasteiger partial charge in [-0.15, -0.1) is 0 Å². The molecule has 0 unspecified atom stereocenters. The van der Waals surface area contributed by atoms with E-state index in [2.05, 4.69) is 20.8 Å². The summed E-state index contributed by atoms with van der Waals surface area (Å²) in [5, 5.41) is 20.1. The van der Waals surface area contributed by atoms with Gasteiger partial charge in [0.1, 0.15) is 17.4 Å². The Morgan fingerprint density at radius 2 is 1.91 bits per heavy atom. The summed E-state index contributed by atoms with van der Waals surface area (Å²) in [6.07, 6.45) is 1.43. The van der Waals surface area contributed by atoms with Crippen LogP contribution in [0.5, 0.6) is 5.75 Å². The second kappa shape index (κ2) is 10.7. The number of benzene rings is 2. The Balaban J connectivity index is 1.71. The largest absolute Gasteiger partial charge is 0.506 e. The molecule has 1 aliphatic heterocycles. The number of Topliss-reactive ketones (excluding diaryl/α,β-unsaturated/α-hetero) is 1. The number of halogens is 1. The minimum absolute atomic E-state index is 0.00631. The first-order chi connectivity index (χ1) is 16.0. The maximum absolute atomic E-state index is 13.0. The van der Waals surface area contributed by atoms with Gasteiger partial charge in [-0.25, -0.2) is 0 Å². The molecule has 1 N–H and O–H groups in total. The van der Waals surface area contributed by atoms with Crippen molar-refractivity contribution in [3.8, 4) is 11.8 Å². The van der Waals surface area contributed by atoms with E-state index in [-0.39, 0.29) is 35.4 Å². The summed E-state index contributed by atoms with van der Waals surface area (Å²) < 4.78 is 6.37. The molecule has 7 heteroatoms. The number of likely N-dealkylation sites (tertiary alicyclic amines) is 1. The van der Waals surface area contributed by atoms with Crippen molar-refractivity contribution in [2.24, 2.45) is 5.92 Å². The molecule has 0 bridgehead atoms. The van der Waals surface area contributed by atoms with Gasteiger partial charge in [0.15, 0.2) is 5.78 Å². The fourth-order valence-corrected chi connectivity index (χ4v) is 4.59. The first-order valence-electron chi connectivity index (χ1n) is 11.5. The maximum Gasteiger partial charge on any atom is 0.309 e. The van der Waals surface area contributed by atoms with E-state index < -0.39 is 5.60 Å². The zero-order valence-corrected chi connectivity index (χ0v) is 21.7. The molecule has 0 amide bonds. The second-order valence-corrected chi connectivity index (χ2v) is 10.7. The van der Waals surface area contributed by atoms with Gasteiger partial charge in [0.25, 0.3) is 0 Å². The Morgan fingerprint density at radius 3 is 2.53 bits per heavy atom. The Morgan fingerprint density at radius 1 is 1.24 bits per heavy atom. The Labute approximate surface area is 209 Å². The molecule has 1 fully saturated rings. The number of nitriles is 1. The molecule has 0 aromatic heterocycles. The third-order valence-corrected chi connectivity index (χ3v) is 6.88. The van der Waals surface area contributed by atoms with Crippen LogP contribution in [0.2, 0.25) is 0 Å². The number of piperidine rings is 1. The predicted molar refractivity (Wildman–Crippen MR) is 134 cm³/mol. The fraction of sp³-hybridized carbons (Fsp3) is 0.444. The second-order valence-electron chi connectivity index (χ2n) is 9.86. The molecule has 2 aromatic carbocycles. The van der Waals surface area contributed by atoms with Crippen LogP contribution < -0.4 is 0 Å². The van der Waals surface area contributed by atoms with Crippen molar-refractivity contribution in [2.45, 2.75) is 59.1 Å². The molecule has 1 aliphatic rings. The predicted octanol–water partition coefficient (Wildman–Crippen LogP) is 5.31. The molecule has 1 heterocycles. The van der Waals surface area contributed by atoms with E-state index in [9.17, 15) is 20.0 Å².